The predicted molar refractivity (Wildman–Crippen MR) is 144 cm³/mol. The van der Waals surface area contributed by atoms with Gasteiger partial charge in [-0.15, -0.1) is 0 Å². The minimum absolute atomic E-state index is 0.0493. The molecule has 4 rings (SSSR count). The highest BCUT2D eigenvalue weighted by atomic mass is 16.5. The quantitative estimate of drug-likeness (QED) is 0.112. The molecular weight excluding hydrogens is 450 g/mol. The van der Waals surface area contributed by atoms with Gasteiger partial charge >= 0.3 is 0 Å². The van der Waals surface area contributed by atoms with Crippen molar-refractivity contribution < 1.29 is 15.1 Å². The van der Waals surface area contributed by atoms with Gasteiger partial charge in [-0.1, -0.05) is 55.3 Å². The lowest BCUT2D eigenvalue weighted by molar-refractivity contribution is -0.116. The molecule has 192 valence electrons. The summed E-state index contributed by atoms with van der Waals surface area (Å²) in [6, 6.07) is 17.9. The van der Waals surface area contributed by atoms with Crippen molar-refractivity contribution in [1.82, 2.24) is 10.8 Å². The van der Waals surface area contributed by atoms with Crippen LogP contribution in [0.1, 0.15) is 81.4 Å². The number of nitrogens with one attached hydrogen (secondary N) is 3. The summed E-state index contributed by atoms with van der Waals surface area (Å²) >= 11 is 0. The van der Waals surface area contributed by atoms with Crippen LogP contribution >= 0.6 is 0 Å². The van der Waals surface area contributed by atoms with Gasteiger partial charge in [0.05, 0.1) is 6.04 Å². The van der Waals surface area contributed by atoms with Gasteiger partial charge in [0.2, 0.25) is 5.91 Å². The Morgan fingerprint density at radius 3 is 2.28 bits per heavy atom. The average molecular weight is 490 g/mol. The Balaban J connectivity index is 1.17. The molecule has 2 aromatic rings. The van der Waals surface area contributed by atoms with E-state index >= 15 is 0 Å². The molecule has 2 aliphatic rings. The van der Waals surface area contributed by atoms with E-state index in [1.165, 1.54) is 5.57 Å². The minimum Gasteiger partial charge on any atom is -0.510 e. The first kappa shape index (κ1) is 26.0. The summed E-state index contributed by atoms with van der Waals surface area (Å²) < 4.78 is 0. The molecular formula is C30H39N3O3. The van der Waals surface area contributed by atoms with Crippen molar-refractivity contribution in [2.24, 2.45) is 0 Å². The lowest BCUT2D eigenvalue weighted by atomic mass is 10.0. The molecule has 1 atom stereocenters. The highest BCUT2D eigenvalue weighted by Crippen LogP contribution is 2.36. The monoisotopic (exact) mass is 489 g/mol. The lowest BCUT2D eigenvalue weighted by Crippen LogP contribution is -2.25. The first-order valence-corrected chi connectivity index (χ1v) is 13.3. The maximum Gasteiger partial charge on any atom is 0.224 e. The van der Waals surface area contributed by atoms with Gasteiger partial charge in [0, 0.05) is 24.4 Å². The summed E-state index contributed by atoms with van der Waals surface area (Å²) in [5.41, 5.74) is 8.87. The number of allylic oxidation sites excluding steroid dienone is 3. The van der Waals surface area contributed by atoms with E-state index in [0.717, 1.165) is 98.8 Å². The van der Waals surface area contributed by atoms with Gasteiger partial charge in [-0.05, 0) is 85.8 Å². The Hall–Kier alpha value is -3.09. The molecule has 6 nitrogen and oxygen atoms in total. The maximum absolute atomic E-state index is 12.4. The number of aliphatic hydroxyl groups is 1. The molecule has 36 heavy (non-hydrogen) atoms. The van der Waals surface area contributed by atoms with Gasteiger partial charge in [-0.3, -0.25) is 15.5 Å². The second-order valence-electron chi connectivity index (χ2n) is 9.89. The van der Waals surface area contributed by atoms with E-state index in [1.807, 2.05) is 48.5 Å². The van der Waals surface area contributed by atoms with Crippen molar-refractivity contribution in [1.29, 1.82) is 0 Å². The molecule has 2 aliphatic carbocycles. The van der Waals surface area contributed by atoms with Crippen LogP contribution < -0.4 is 16.1 Å². The van der Waals surface area contributed by atoms with E-state index in [0.29, 0.717) is 12.2 Å². The van der Waals surface area contributed by atoms with Crippen LogP contribution in [-0.2, 0) is 11.2 Å². The van der Waals surface area contributed by atoms with Gasteiger partial charge in [-0.2, -0.15) is 0 Å². The Morgan fingerprint density at radius 1 is 0.861 bits per heavy atom. The Labute approximate surface area is 214 Å². The van der Waals surface area contributed by atoms with Gasteiger partial charge in [0.15, 0.2) is 0 Å². The fourth-order valence-electron chi connectivity index (χ4n) is 4.55. The van der Waals surface area contributed by atoms with Crippen molar-refractivity contribution in [3.63, 3.8) is 0 Å². The van der Waals surface area contributed by atoms with Crippen molar-refractivity contribution in [2.45, 2.75) is 76.7 Å². The number of hydrogen-bond acceptors (Lipinski definition) is 5. The molecule has 0 aliphatic heterocycles. The van der Waals surface area contributed by atoms with Crippen LogP contribution in [0.25, 0.3) is 0 Å². The fourth-order valence-corrected chi connectivity index (χ4v) is 4.55. The summed E-state index contributed by atoms with van der Waals surface area (Å²) in [4.78, 5) is 12.4. The number of carbonyl (C=O) groups excluding carboxylic acids is 1. The summed E-state index contributed by atoms with van der Waals surface area (Å²) in [5.74, 6) is 0.515. The van der Waals surface area contributed by atoms with Crippen molar-refractivity contribution in [3.8, 4) is 0 Å². The molecule has 0 radical (unpaired) electrons. The topological polar surface area (TPSA) is 93.6 Å². The first-order chi connectivity index (χ1) is 17.6. The number of benzene rings is 2. The molecule has 0 spiro atoms. The predicted octanol–water partition coefficient (Wildman–Crippen LogP) is 6.47. The number of aliphatic hydroxyl groups excluding tert-OH is 1. The Bertz CT molecular complexity index is 1070. The second-order valence-corrected chi connectivity index (χ2v) is 9.89. The number of amides is 1. The van der Waals surface area contributed by atoms with E-state index in [9.17, 15) is 9.90 Å². The lowest BCUT2D eigenvalue weighted by Gasteiger charge is -2.19. The summed E-state index contributed by atoms with van der Waals surface area (Å²) in [6.45, 7) is 0.721. The van der Waals surface area contributed by atoms with Gasteiger partial charge in [0.1, 0.15) is 5.76 Å². The summed E-state index contributed by atoms with van der Waals surface area (Å²) in [6.07, 6.45) is 10.4. The molecule has 0 saturated heterocycles. The van der Waals surface area contributed by atoms with Gasteiger partial charge in [0.25, 0.3) is 0 Å². The first-order valence-electron chi connectivity index (χ1n) is 13.3. The van der Waals surface area contributed by atoms with Crippen LogP contribution in [0, 0.1) is 0 Å². The van der Waals surface area contributed by atoms with Gasteiger partial charge in [-0.25, -0.2) is 0 Å². The second kappa shape index (κ2) is 13.3. The highest BCUT2D eigenvalue weighted by Gasteiger charge is 2.25. The van der Waals surface area contributed by atoms with Crippen molar-refractivity contribution >= 4 is 11.6 Å². The van der Waals surface area contributed by atoms with E-state index in [2.05, 4.69) is 22.2 Å². The third-order valence-corrected chi connectivity index (χ3v) is 6.88. The molecule has 0 unspecified atom stereocenters. The average Bonchev–Trinajstić information content (AvgIpc) is 3.80. The van der Waals surface area contributed by atoms with Crippen LogP contribution in [0.3, 0.4) is 0 Å². The standard InChI is InChI=1S/C30H39N3O3/c34-28(14-7-2-1-6-13-27(33-36)23-15-16-23)32-26-12-8-9-22(21-26)19-20-31-29(30(35)25-17-18-25)24-10-4-3-5-11-24/h3-5,8-12,21,29,31,33,35-36H,1-2,6-7,13-20H2,(H,32,34)/t29-/m0/s1. The summed E-state index contributed by atoms with van der Waals surface area (Å²) in [7, 11) is 0. The zero-order valence-corrected chi connectivity index (χ0v) is 21.1. The third kappa shape index (κ3) is 8.25. The van der Waals surface area contributed by atoms with Crippen LogP contribution in [0.4, 0.5) is 5.69 Å². The molecule has 5 N–H and O–H groups in total. The number of unbranched alkanes of at least 4 members (excludes halogenated alkanes) is 3. The fraction of sp³-hybridized carbons (Fsp3) is 0.433. The number of anilines is 1. The molecule has 6 heteroatoms. The van der Waals surface area contributed by atoms with Crippen LogP contribution in [0.5, 0.6) is 0 Å². The number of hydrogen-bond donors (Lipinski definition) is 5. The Morgan fingerprint density at radius 2 is 1.58 bits per heavy atom. The molecule has 2 fully saturated rings. The Kier molecular flexibility index (Phi) is 9.59. The molecule has 0 heterocycles. The molecule has 1 amide bonds. The smallest absolute Gasteiger partial charge is 0.224 e. The minimum atomic E-state index is -0.177. The van der Waals surface area contributed by atoms with Crippen LogP contribution in [-0.4, -0.2) is 22.8 Å². The maximum atomic E-state index is 12.4. The number of rotatable bonds is 15. The molecule has 0 aromatic heterocycles. The van der Waals surface area contributed by atoms with Crippen LogP contribution in [0.15, 0.2) is 77.2 Å². The number of carbonyl (C=O) groups is 1. The molecule has 2 saturated carbocycles. The summed E-state index contributed by atoms with van der Waals surface area (Å²) in [5, 5.41) is 26.4. The van der Waals surface area contributed by atoms with Crippen LogP contribution in [0.2, 0.25) is 0 Å². The highest BCUT2D eigenvalue weighted by molar-refractivity contribution is 5.90. The number of hydroxylamine groups is 1. The van der Waals surface area contributed by atoms with E-state index in [1.54, 1.807) is 0 Å². The zero-order chi connectivity index (χ0) is 25.2. The SMILES string of the molecule is O=C(CCCCCCC(NO)=C1CC1)Nc1cccc(CCN[C@H](C(O)=C2CC2)c2ccccc2)c1. The largest absolute Gasteiger partial charge is 0.510 e. The van der Waals surface area contributed by atoms with Crippen molar-refractivity contribution in [2.75, 3.05) is 11.9 Å². The molecule has 0 bridgehead atoms. The van der Waals surface area contributed by atoms with Crippen molar-refractivity contribution in [3.05, 3.63) is 88.3 Å². The third-order valence-electron chi connectivity index (χ3n) is 6.88. The molecule has 2 aromatic carbocycles. The normalized spacial score (nSPS) is 14.8. The van der Waals surface area contributed by atoms with Gasteiger partial charge < -0.3 is 15.7 Å². The van der Waals surface area contributed by atoms with E-state index < -0.39 is 0 Å². The zero-order valence-electron chi connectivity index (χ0n) is 21.1. The van der Waals surface area contributed by atoms with E-state index in [-0.39, 0.29) is 11.9 Å². The van der Waals surface area contributed by atoms with E-state index in [4.69, 9.17) is 5.21 Å².